The number of methoxy groups -OCH3 is 1. The van der Waals surface area contributed by atoms with Gasteiger partial charge in [-0.25, -0.2) is 4.98 Å². The van der Waals surface area contributed by atoms with Crippen LogP contribution in [-0.4, -0.2) is 17.2 Å². The van der Waals surface area contributed by atoms with Crippen molar-refractivity contribution in [2.24, 2.45) is 10.2 Å². The molecule has 4 rings (SSSR count). The third-order valence-corrected chi connectivity index (χ3v) is 5.05. The molecule has 37 heavy (non-hydrogen) atoms. The zero-order valence-corrected chi connectivity index (χ0v) is 21.9. The second kappa shape index (κ2) is 13.1. The molecule has 0 fully saturated rings. The molecule has 2 aromatic carbocycles. The average molecular weight is 524 g/mol. The van der Waals surface area contributed by atoms with Gasteiger partial charge in [0.1, 0.15) is 39.7 Å². The number of hydrogen-bond acceptors (Lipinski definition) is 9. The second-order valence-electron chi connectivity index (χ2n) is 8.16. The first-order chi connectivity index (χ1) is 17.2. The number of hydrogen-bond donors (Lipinski definition) is 3. The van der Waals surface area contributed by atoms with Gasteiger partial charge in [-0.15, -0.1) is 17.5 Å². The molecule has 9 nitrogen and oxygen atoms in total. The number of benzene rings is 2. The lowest BCUT2D eigenvalue weighted by Crippen LogP contribution is -2.04. The number of aromatic nitrogens is 1. The molecule has 0 radical (unpaired) electrons. The van der Waals surface area contributed by atoms with Crippen LogP contribution in [0.2, 0.25) is 0 Å². The van der Waals surface area contributed by atoms with Crippen molar-refractivity contribution in [1.82, 2.24) is 4.98 Å². The molecule has 0 spiro atoms. The van der Waals surface area contributed by atoms with Crippen LogP contribution in [-0.2, 0) is 6.42 Å². The molecular weight excluding hydrogens is 494 g/mol. The summed E-state index contributed by atoms with van der Waals surface area (Å²) in [5, 5.41) is 18.2. The van der Waals surface area contributed by atoms with Gasteiger partial charge in [0.15, 0.2) is 11.2 Å². The van der Waals surface area contributed by atoms with Crippen LogP contribution in [0, 0.1) is 6.92 Å². The van der Waals surface area contributed by atoms with Gasteiger partial charge >= 0.3 is 0 Å². The molecule has 0 aliphatic rings. The van der Waals surface area contributed by atoms with E-state index in [4.69, 9.17) is 20.6 Å². The van der Waals surface area contributed by atoms with E-state index in [0.717, 1.165) is 16.8 Å². The van der Waals surface area contributed by atoms with Crippen LogP contribution in [0.3, 0.4) is 0 Å². The standard InChI is InChI=1S/C16H18O4.C11H11N5.ClH/c1-9(2)5-6-11-14(19-4)8-13(18)15-12(17)7-10(3)20-16(11)15;12-10-7-6-9(11(13)14-10)16-15-8-4-2-1-3-5-8;/h5,7-8,18H,6H2,1-4H3;1-7H,(H4,12,13,14);1H. The highest BCUT2D eigenvalue weighted by atomic mass is 35.5. The number of nitrogens with zero attached hydrogens (tertiary/aromatic N) is 3. The lowest BCUT2D eigenvalue weighted by atomic mass is 10.0. The van der Waals surface area contributed by atoms with Crippen molar-refractivity contribution in [2.45, 2.75) is 27.2 Å². The molecule has 0 amide bonds. The summed E-state index contributed by atoms with van der Waals surface area (Å²) in [6.07, 6.45) is 2.60. The predicted octanol–water partition coefficient (Wildman–Crippen LogP) is 6.41. The van der Waals surface area contributed by atoms with Crippen molar-refractivity contribution in [1.29, 1.82) is 0 Å². The van der Waals surface area contributed by atoms with Gasteiger partial charge in [0.05, 0.1) is 12.8 Å². The number of azo groups is 1. The van der Waals surface area contributed by atoms with E-state index in [2.05, 4.69) is 15.2 Å². The monoisotopic (exact) mass is 523 g/mol. The Balaban J connectivity index is 0.000000259. The van der Waals surface area contributed by atoms with Crippen LogP contribution in [0.4, 0.5) is 23.0 Å². The minimum atomic E-state index is -0.248. The first-order valence-corrected chi connectivity index (χ1v) is 11.1. The number of rotatable bonds is 5. The molecule has 10 heteroatoms. The Kier molecular flexibility index (Phi) is 10.2. The fourth-order valence-electron chi connectivity index (χ4n) is 3.32. The van der Waals surface area contributed by atoms with E-state index in [1.54, 1.807) is 19.1 Å². The first kappa shape index (κ1) is 28.9. The molecule has 0 unspecified atom stereocenters. The summed E-state index contributed by atoms with van der Waals surface area (Å²) in [4.78, 5) is 15.9. The van der Waals surface area contributed by atoms with Crippen molar-refractivity contribution in [2.75, 3.05) is 18.6 Å². The zero-order valence-electron chi connectivity index (χ0n) is 21.1. The number of nitrogen functional groups attached to an aromatic ring is 2. The lowest BCUT2D eigenvalue weighted by molar-refractivity contribution is 0.403. The normalized spacial score (nSPS) is 10.4. The fraction of sp³-hybridized carbons (Fsp3) is 0.185. The maximum absolute atomic E-state index is 12.0. The average Bonchev–Trinajstić information content (AvgIpc) is 2.83. The molecular formula is C27H30ClN5O4. The summed E-state index contributed by atoms with van der Waals surface area (Å²) >= 11 is 0. The van der Waals surface area contributed by atoms with E-state index in [-0.39, 0.29) is 34.8 Å². The van der Waals surface area contributed by atoms with Crippen LogP contribution in [0.25, 0.3) is 11.0 Å². The van der Waals surface area contributed by atoms with Gasteiger partial charge in [0.2, 0.25) is 0 Å². The minimum Gasteiger partial charge on any atom is -0.507 e. The number of aromatic hydroxyl groups is 1. The van der Waals surface area contributed by atoms with Crippen molar-refractivity contribution in [3.8, 4) is 11.5 Å². The highest BCUT2D eigenvalue weighted by molar-refractivity contribution is 5.88. The smallest absolute Gasteiger partial charge is 0.196 e. The first-order valence-electron chi connectivity index (χ1n) is 11.1. The Bertz CT molecular complexity index is 1480. The quantitative estimate of drug-likeness (QED) is 0.202. The fourth-order valence-corrected chi connectivity index (χ4v) is 3.32. The van der Waals surface area contributed by atoms with Gasteiger partial charge in [-0.1, -0.05) is 29.8 Å². The van der Waals surface area contributed by atoms with Crippen molar-refractivity contribution >= 4 is 46.4 Å². The summed E-state index contributed by atoms with van der Waals surface area (Å²) in [5.74, 6) is 1.55. The number of phenols is 1. The molecule has 5 N–H and O–H groups in total. The highest BCUT2D eigenvalue weighted by Crippen LogP contribution is 2.34. The molecule has 0 aliphatic heterocycles. The van der Waals surface area contributed by atoms with E-state index in [9.17, 15) is 9.90 Å². The van der Waals surface area contributed by atoms with Crippen LogP contribution in [0.1, 0.15) is 25.2 Å². The Morgan fingerprint density at radius 2 is 1.81 bits per heavy atom. The van der Waals surface area contributed by atoms with E-state index in [1.807, 2.05) is 50.3 Å². The Labute approximate surface area is 220 Å². The van der Waals surface area contributed by atoms with Crippen molar-refractivity contribution in [3.05, 3.63) is 87.8 Å². The Morgan fingerprint density at radius 1 is 1.11 bits per heavy atom. The molecule has 0 atom stereocenters. The van der Waals surface area contributed by atoms with E-state index in [1.165, 1.54) is 19.2 Å². The van der Waals surface area contributed by atoms with Crippen LogP contribution >= 0.6 is 12.4 Å². The second-order valence-corrected chi connectivity index (χ2v) is 8.16. The number of allylic oxidation sites excluding steroid dienone is 2. The number of aryl methyl sites for hydroxylation is 1. The Morgan fingerprint density at radius 3 is 2.43 bits per heavy atom. The number of anilines is 2. The third-order valence-electron chi connectivity index (χ3n) is 5.05. The van der Waals surface area contributed by atoms with Gasteiger partial charge in [-0.2, -0.15) is 5.11 Å². The van der Waals surface area contributed by atoms with Gasteiger partial charge < -0.3 is 25.7 Å². The van der Waals surface area contributed by atoms with Gasteiger partial charge in [-0.3, -0.25) is 4.79 Å². The van der Waals surface area contributed by atoms with E-state index >= 15 is 0 Å². The third kappa shape index (κ3) is 7.55. The maximum Gasteiger partial charge on any atom is 0.196 e. The van der Waals surface area contributed by atoms with E-state index in [0.29, 0.717) is 35.0 Å². The number of ether oxygens (including phenoxy) is 1. The number of phenolic OH excluding ortho intramolecular Hbond substituents is 1. The molecule has 0 bridgehead atoms. The summed E-state index contributed by atoms with van der Waals surface area (Å²) in [7, 11) is 1.53. The lowest BCUT2D eigenvalue weighted by Gasteiger charge is -2.11. The maximum atomic E-state index is 12.0. The molecule has 0 saturated heterocycles. The number of pyridine rings is 1. The molecule has 0 saturated carbocycles. The van der Waals surface area contributed by atoms with Gasteiger partial charge in [-0.05, 0) is 51.5 Å². The largest absolute Gasteiger partial charge is 0.507 e. The topological polar surface area (TPSA) is 149 Å². The summed E-state index contributed by atoms with van der Waals surface area (Å²) in [6, 6.07) is 15.5. The number of nitrogens with two attached hydrogens (primary N) is 2. The van der Waals surface area contributed by atoms with Gasteiger partial charge in [0.25, 0.3) is 0 Å². The highest BCUT2D eigenvalue weighted by Gasteiger charge is 2.17. The number of halogens is 1. The van der Waals surface area contributed by atoms with Crippen molar-refractivity contribution < 1.29 is 14.3 Å². The molecule has 2 aromatic heterocycles. The van der Waals surface area contributed by atoms with Crippen LogP contribution in [0.5, 0.6) is 11.5 Å². The molecule has 0 aliphatic carbocycles. The molecule has 4 aromatic rings. The van der Waals surface area contributed by atoms with Crippen LogP contribution in [0.15, 0.2) is 85.7 Å². The minimum absolute atomic E-state index is 0. The van der Waals surface area contributed by atoms with E-state index < -0.39 is 0 Å². The van der Waals surface area contributed by atoms with Crippen LogP contribution < -0.4 is 21.6 Å². The SMILES string of the molecule is COc1cc(O)c2c(=O)cc(C)oc2c1CC=C(C)C.Cl.Nc1ccc(N=Nc2ccccc2)c(N)n1. The summed E-state index contributed by atoms with van der Waals surface area (Å²) in [6.45, 7) is 5.70. The predicted molar refractivity (Wildman–Crippen MR) is 150 cm³/mol. The Hall–Kier alpha value is -4.37. The number of fused-ring (bicyclic) bond motifs is 1. The molecule has 2 heterocycles. The summed E-state index contributed by atoms with van der Waals surface area (Å²) < 4.78 is 11.0. The zero-order chi connectivity index (χ0) is 26.2. The van der Waals surface area contributed by atoms with Gasteiger partial charge in [0, 0.05) is 17.7 Å². The molecule has 194 valence electrons. The van der Waals surface area contributed by atoms with Crippen molar-refractivity contribution in [3.63, 3.8) is 0 Å². The summed E-state index contributed by atoms with van der Waals surface area (Å²) in [5.41, 5.74) is 14.5.